The number of anilines is 1. The van der Waals surface area contributed by atoms with Gasteiger partial charge in [-0.05, 0) is 36.8 Å². The van der Waals surface area contributed by atoms with Crippen LogP contribution in [0.2, 0.25) is 0 Å². The average molecular weight is 449 g/mol. The normalized spacial score (nSPS) is 13.9. The fraction of sp³-hybridized carbons (Fsp3) is 0.423. The second kappa shape index (κ2) is 12.6. The van der Waals surface area contributed by atoms with Crippen LogP contribution in [0.25, 0.3) is 0 Å². The van der Waals surface area contributed by atoms with Crippen LogP contribution in [0.3, 0.4) is 0 Å². The van der Waals surface area contributed by atoms with E-state index < -0.39 is 0 Å². The lowest BCUT2D eigenvalue weighted by atomic mass is 10.1. The molecule has 0 unspecified atom stereocenters. The van der Waals surface area contributed by atoms with Gasteiger partial charge >= 0.3 is 0 Å². The van der Waals surface area contributed by atoms with Crippen LogP contribution in [0.5, 0.6) is 5.75 Å². The van der Waals surface area contributed by atoms with E-state index in [4.69, 9.17) is 10.00 Å². The van der Waals surface area contributed by atoms with Crippen molar-refractivity contribution >= 4 is 17.5 Å². The van der Waals surface area contributed by atoms with E-state index >= 15 is 0 Å². The summed E-state index contributed by atoms with van der Waals surface area (Å²) in [6.07, 6.45) is 0.587. The van der Waals surface area contributed by atoms with Gasteiger partial charge in [-0.1, -0.05) is 30.3 Å². The number of hydrogen-bond donors (Lipinski definition) is 0. The highest BCUT2D eigenvalue weighted by Gasteiger charge is 2.23. The average Bonchev–Trinajstić information content (AvgIpc) is 2.85. The Balaban J connectivity index is 1.44. The number of piperazine rings is 1. The largest absolute Gasteiger partial charge is 0.494 e. The Labute approximate surface area is 196 Å². The molecule has 1 heterocycles. The van der Waals surface area contributed by atoms with Crippen LogP contribution < -0.4 is 9.64 Å². The molecule has 1 aliphatic heterocycles. The molecule has 0 aliphatic carbocycles. The maximum atomic E-state index is 12.8. The summed E-state index contributed by atoms with van der Waals surface area (Å²) in [6, 6.07) is 19.5. The molecule has 2 aromatic carbocycles. The summed E-state index contributed by atoms with van der Waals surface area (Å²) in [7, 11) is 0. The third-order valence-corrected chi connectivity index (χ3v) is 5.73. The van der Waals surface area contributed by atoms with E-state index in [0.717, 1.165) is 31.1 Å². The maximum Gasteiger partial charge on any atom is 0.227 e. The SMILES string of the molecule is CCOc1ccc(CN2CCN(C(=O)CCC(=O)N(CCC#N)c3ccccc3)CC2)cc1. The molecule has 1 saturated heterocycles. The van der Waals surface area contributed by atoms with Gasteiger partial charge in [0.15, 0.2) is 0 Å². The molecule has 2 aromatic rings. The molecule has 3 rings (SSSR count). The van der Waals surface area contributed by atoms with Crippen LogP contribution in [0.1, 0.15) is 31.7 Å². The third kappa shape index (κ3) is 7.33. The number of benzene rings is 2. The first kappa shape index (κ1) is 24.3. The molecule has 7 heteroatoms. The summed E-state index contributed by atoms with van der Waals surface area (Å²) in [5, 5.41) is 8.92. The number of hydrogen-bond acceptors (Lipinski definition) is 5. The Morgan fingerprint density at radius 3 is 2.33 bits per heavy atom. The molecule has 0 radical (unpaired) electrons. The summed E-state index contributed by atoms with van der Waals surface area (Å²) < 4.78 is 5.49. The zero-order chi connectivity index (χ0) is 23.5. The molecule has 1 aliphatic rings. The van der Waals surface area contributed by atoms with Crippen molar-refractivity contribution in [3.05, 3.63) is 60.2 Å². The number of para-hydroxylation sites is 1. The molecule has 0 bridgehead atoms. The van der Waals surface area contributed by atoms with Gasteiger partial charge < -0.3 is 14.5 Å². The molecule has 2 amide bonds. The molecule has 0 N–H and O–H groups in total. The Morgan fingerprint density at radius 1 is 1.00 bits per heavy atom. The van der Waals surface area contributed by atoms with Gasteiger partial charge in [-0.25, -0.2) is 0 Å². The number of carbonyl (C=O) groups excluding carboxylic acids is 2. The van der Waals surface area contributed by atoms with Crippen molar-refractivity contribution in [2.45, 2.75) is 32.7 Å². The molecule has 0 saturated carbocycles. The van der Waals surface area contributed by atoms with Crippen molar-refractivity contribution in [2.75, 3.05) is 44.2 Å². The number of rotatable bonds is 10. The number of amides is 2. The van der Waals surface area contributed by atoms with Gasteiger partial charge in [-0.15, -0.1) is 0 Å². The van der Waals surface area contributed by atoms with Gasteiger partial charge in [-0.3, -0.25) is 14.5 Å². The van der Waals surface area contributed by atoms with Crippen molar-refractivity contribution in [1.29, 1.82) is 5.26 Å². The topological polar surface area (TPSA) is 76.9 Å². The fourth-order valence-electron chi connectivity index (χ4n) is 3.95. The number of carbonyl (C=O) groups is 2. The van der Waals surface area contributed by atoms with Crippen LogP contribution in [0.4, 0.5) is 5.69 Å². The first-order valence-electron chi connectivity index (χ1n) is 11.5. The standard InChI is InChI=1S/C26H32N4O3/c1-2-33-24-11-9-22(10-12-24)21-28-17-19-29(20-18-28)25(31)13-14-26(32)30(16-6-15-27)23-7-4-3-5-8-23/h3-5,7-12H,2,6,13-14,16-21H2,1H3. The molecule has 0 aromatic heterocycles. The monoisotopic (exact) mass is 448 g/mol. The van der Waals surface area contributed by atoms with Crippen LogP contribution in [0.15, 0.2) is 54.6 Å². The smallest absolute Gasteiger partial charge is 0.227 e. The van der Waals surface area contributed by atoms with Crippen molar-refractivity contribution in [2.24, 2.45) is 0 Å². The zero-order valence-electron chi connectivity index (χ0n) is 19.3. The Morgan fingerprint density at radius 2 is 1.70 bits per heavy atom. The lowest BCUT2D eigenvalue weighted by Crippen LogP contribution is -2.48. The lowest BCUT2D eigenvalue weighted by Gasteiger charge is -2.35. The molecule has 33 heavy (non-hydrogen) atoms. The quantitative estimate of drug-likeness (QED) is 0.556. The Hall–Kier alpha value is -3.37. The summed E-state index contributed by atoms with van der Waals surface area (Å²) >= 11 is 0. The molecule has 0 spiro atoms. The first-order valence-corrected chi connectivity index (χ1v) is 11.5. The Bertz CT molecular complexity index is 932. The van der Waals surface area contributed by atoms with E-state index in [1.165, 1.54) is 5.56 Å². The molecule has 1 fully saturated rings. The zero-order valence-corrected chi connectivity index (χ0v) is 19.3. The van der Waals surface area contributed by atoms with Crippen LogP contribution in [-0.4, -0.2) is 60.9 Å². The van der Waals surface area contributed by atoms with Crippen LogP contribution >= 0.6 is 0 Å². The predicted octanol–water partition coefficient (Wildman–Crippen LogP) is 3.46. The number of nitriles is 1. The predicted molar refractivity (Wildman–Crippen MR) is 128 cm³/mol. The van der Waals surface area contributed by atoms with Gasteiger partial charge in [0.05, 0.1) is 19.1 Å². The second-order valence-electron chi connectivity index (χ2n) is 8.02. The minimum absolute atomic E-state index is 0.0114. The van der Waals surface area contributed by atoms with Crippen molar-refractivity contribution in [1.82, 2.24) is 9.80 Å². The first-order chi connectivity index (χ1) is 16.1. The highest BCUT2D eigenvalue weighted by atomic mass is 16.5. The van der Waals surface area contributed by atoms with Crippen molar-refractivity contribution < 1.29 is 14.3 Å². The molecular weight excluding hydrogens is 416 g/mol. The molecule has 7 nitrogen and oxygen atoms in total. The van der Waals surface area contributed by atoms with Gasteiger partial charge in [0.2, 0.25) is 11.8 Å². The van der Waals surface area contributed by atoms with Gasteiger partial charge in [0.1, 0.15) is 5.75 Å². The van der Waals surface area contributed by atoms with E-state index in [0.29, 0.717) is 26.2 Å². The molecule has 174 valence electrons. The van der Waals surface area contributed by atoms with Crippen LogP contribution in [0, 0.1) is 11.3 Å². The Kier molecular flexibility index (Phi) is 9.28. The third-order valence-electron chi connectivity index (χ3n) is 5.73. The minimum Gasteiger partial charge on any atom is -0.494 e. The van der Waals surface area contributed by atoms with Gasteiger partial charge in [0, 0.05) is 57.8 Å². The van der Waals surface area contributed by atoms with E-state index in [9.17, 15) is 9.59 Å². The van der Waals surface area contributed by atoms with E-state index in [2.05, 4.69) is 23.1 Å². The van der Waals surface area contributed by atoms with E-state index in [-0.39, 0.29) is 31.1 Å². The van der Waals surface area contributed by atoms with Crippen LogP contribution in [-0.2, 0) is 16.1 Å². The molecule has 0 atom stereocenters. The minimum atomic E-state index is -0.126. The van der Waals surface area contributed by atoms with E-state index in [1.807, 2.05) is 54.3 Å². The summed E-state index contributed by atoms with van der Waals surface area (Å²) in [4.78, 5) is 31.3. The summed E-state index contributed by atoms with van der Waals surface area (Å²) in [6.45, 7) is 6.76. The fourth-order valence-corrected chi connectivity index (χ4v) is 3.95. The van der Waals surface area contributed by atoms with Gasteiger partial charge in [0.25, 0.3) is 0 Å². The molecular formula is C26H32N4O3. The van der Waals surface area contributed by atoms with Crippen molar-refractivity contribution in [3.8, 4) is 11.8 Å². The number of ether oxygens (including phenoxy) is 1. The highest BCUT2D eigenvalue weighted by molar-refractivity contribution is 5.95. The van der Waals surface area contributed by atoms with Crippen molar-refractivity contribution in [3.63, 3.8) is 0 Å². The summed E-state index contributed by atoms with van der Waals surface area (Å²) in [5.74, 6) is 0.765. The van der Waals surface area contributed by atoms with Gasteiger partial charge in [-0.2, -0.15) is 5.26 Å². The highest BCUT2D eigenvalue weighted by Crippen LogP contribution is 2.17. The lowest BCUT2D eigenvalue weighted by molar-refractivity contribution is -0.134. The van der Waals surface area contributed by atoms with E-state index in [1.54, 1.807) is 4.90 Å². The summed E-state index contributed by atoms with van der Waals surface area (Å²) in [5.41, 5.74) is 1.98. The second-order valence-corrected chi connectivity index (χ2v) is 8.02. The maximum absolute atomic E-state index is 12.8. The number of nitrogens with zero attached hydrogens (tertiary/aromatic N) is 4.